The lowest BCUT2D eigenvalue weighted by molar-refractivity contribution is 0.261. The van der Waals surface area contributed by atoms with Gasteiger partial charge in [-0.25, -0.2) is 4.98 Å². The van der Waals surface area contributed by atoms with E-state index in [-0.39, 0.29) is 0 Å². The predicted octanol–water partition coefficient (Wildman–Crippen LogP) is 3.54. The summed E-state index contributed by atoms with van der Waals surface area (Å²) in [6, 6.07) is 8.62. The van der Waals surface area contributed by atoms with Gasteiger partial charge in [0.1, 0.15) is 5.82 Å². The average molecular weight is 312 g/mol. The molecule has 4 nitrogen and oxygen atoms in total. The van der Waals surface area contributed by atoms with Crippen molar-refractivity contribution < 1.29 is 0 Å². The number of likely N-dealkylation sites (N-methyl/N-ethyl adjacent to an activating group) is 1. The fraction of sp³-hybridized carbons (Fsp3) is 0.353. The van der Waals surface area contributed by atoms with Gasteiger partial charge in [0.25, 0.3) is 0 Å². The average Bonchev–Trinajstić information content (AvgIpc) is 2.97. The van der Waals surface area contributed by atoms with E-state index in [1.807, 2.05) is 12.1 Å². The summed E-state index contributed by atoms with van der Waals surface area (Å²) < 4.78 is 1.29. The van der Waals surface area contributed by atoms with Gasteiger partial charge in [0.15, 0.2) is 0 Å². The van der Waals surface area contributed by atoms with Crippen LogP contribution in [0.5, 0.6) is 0 Å². The van der Waals surface area contributed by atoms with Crippen LogP contribution < -0.4 is 11.1 Å². The summed E-state index contributed by atoms with van der Waals surface area (Å²) in [6.45, 7) is 2.26. The van der Waals surface area contributed by atoms with Crippen molar-refractivity contribution in [2.75, 3.05) is 31.2 Å². The lowest BCUT2D eigenvalue weighted by atomic mass is 10.1. The van der Waals surface area contributed by atoms with Gasteiger partial charge in [-0.2, -0.15) is 0 Å². The van der Waals surface area contributed by atoms with Gasteiger partial charge in [0.05, 0.1) is 5.52 Å². The van der Waals surface area contributed by atoms with Crippen molar-refractivity contribution >= 4 is 43.8 Å². The Morgan fingerprint density at radius 3 is 3.09 bits per heavy atom. The lowest BCUT2D eigenvalue weighted by Crippen LogP contribution is -2.39. The SMILES string of the molecule is CN1CCCC(Nc2nc3cc(N)ccc3c3sccc23)C1. The van der Waals surface area contributed by atoms with Crippen molar-refractivity contribution in [3.8, 4) is 0 Å². The number of thiophene rings is 1. The van der Waals surface area contributed by atoms with Crippen LogP contribution in [-0.4, -0.2) is 36.1 Å². The van der Waals surface area contributed by atoms with E-state index in [2.05, 4.69) is 34.8 Å². The number of pyridine rings is 1. The minimum absolute atomic E-state index is 0.466. The molecule has 4 rings (SSSR count). The first-order valence-corrected chi connectivity index (χ1v) is 8.60. The molecule has 0 saturated carbocycles. The van der Waals surface area contributed by atoms with Crippen LogP contribution in [0.2, 0.25) is 0 Å². The molecule has 1 aromatic carbocycles. The summed E-state index contributed by atoms with van der Waals surface area (Å²) in [5, 5.41) is 8.21. The van der Waals surface area contributed by atoms with Gasteiger partial charge in [-0.1, -0.05) is 0 Å². The number of likely N-dealkylation sites (tertiary alicyclic amines) is 1. The van der Waals surface area contributed by atoms with E-state index < -0.39 is 0 Å². The van der Waals surface area contributed by atoms with Gasteiger partial charge in [0, 0.05) is 33.7 Å². The highest BCUT2D eigenvalue weighted by atomic mass is 32.1. The summed E-state index contributed by atoms with van der Waals surface area (Å²) in [5.41, 5.74) is 7.67. The van der Waals surface area contributed by atoms with E-state index in [4.69, 9.17) is 10.7 Å². The lowest BCUT2D eigenvalue weighted by Gasteiger charge is -2.30. The Morgan fingerprint density at radius 2 is 2.23 bits per heavy atom. The van der Waals surface area contributed by atoms with Crippen LogP contribution >= 0.6 is 11.3 Å². The Labute approximate surface area is 133 Å². The largest absolute Gasteiger partial charge is 0.399 e. The van der Waals surface area contributed by atoms with Crippen molar-refractivity contribution in [1.82, 2.24) is 9.88 Å². The topological polar surface area (TPSA) is 54.2 Å². The minimum atomic E-state index is 0.466. The molecular weight excluding hydrogens is 292 g/mol. The highest BCUT2D eigenvalue weighted by molar-refractivity contribution is 7.18. The van der Waals surface area contributed by atoms with Crippen LogP contribution in [0.1, 0.15) is 12.8 Å². The number of hydrogen-bond donors (Lipinski definition) is 2. The standard InChI is InChI=1S/C17H20N4S/c1-21-7-2-3-12(10-21)19-17-14-6-8-22-16(14)13-5-4-11(18)9-15(13)20-17/h4-6,8-9,12H,2-3,7,10,18H2,1H3,(H,19,20). The highest BCUT2D eigenvalue weighted by Gasteiger charge is 2.19. The Hall–Kier alpha value is -1.85. The molecule has 1 unspecified atom stereocenters. The Kier molecular flexibility index (Phi) is 3.39. The first-order valence-electron chi connectivity index (χ1n) is 7.72. The minimum Gasteiger partial charge on any atom is -0.399 e. The molecule has 0 bridgehead atoms. The summed E-state index contributed by atoms with van der Waals surface area (Å²) >= 11 is 1.77. The number of nitrogens with zero attached hydrogens (tertiary/aromatic N) is 2. The van der Waals surface area contributed by atoms with Crippen LogP contribution in [-0.2, 0) is 0 Å². The van der Waals surface area contributed by atoms with E-state index in [1.54, 1.807) is 11.3 Å². The molecule has 0 spiro atoms. The maximum Gasteiger partial charge on any atom is 0.135 e. The summed E-state index contributed by atoms with van der Waals surface area (Å²) in [6.07, 6.45) is 2.44. The highest BCUT2D eigenvalue weighted by Crippen LogP contribution is 2.34. The van der Waals surface area contributed by atoms with Crippen molar-refractivity contribution in [3.05, 3.63) is 29.6 Å². The third-order valence-corrected chi connectivity index (χ3v) is 5.33. The smallest absolute Gasteiger partial charge is 0.135 e. The van der Waals surface area contributed by atoms with E-state index >= 15 is 0 Å². The number of aromatic nitrogens is 1. The quantitative estimate of drug-likeness (QED) is 0.711. The molecular formula is C17H20N4S. The second-order valence-corrected chi connectivity index (χ2v) is 7.06. The second-order valence-electron chi connectivity index (χ2n) is 6.15. The van der Waals surface area contributed by atoms with Crippen LogP contribution in [0, 0.1) is 0 Å². The van der Waals surface area contributed by atoms with Crippen molar-refractivity contribution in [1.29, 1.82) is 0 Å². The first-order chi connectivity index (χ1) is 10.7. The van der Waals surface area contributed by atoms with Crippen molar-refractivity contribution in [3.63, 3.8) is 0 Å². The molecule has 22 heavy (non-hydrogen) atoms. The number of nitrogen functional groups attached to an aromatic ring is 1. The third kappa shape index (κ3) is 2.40. The van der Waals surface area contributed by atoms with Gasteiger partial charge in [-0.15, -0.1) is 11.3 Å². The van der Waals surface area contributed by atoms with E-state index in [0.29, 0.717) is 6.04 Å². The number of hydrogen-bond acceptors (Lipinski definition) is 5. The van der Waals surface area contributed by atoms with Crippen molar-refractivity contribution in [2.24, 2.45) is 0 Å². The Bertz CT molecular complexity index is 826. The normalized spacial score (nSPS) is 19.8. The molecule has 114 valence electrons. The van der Waals surface area contributed by atoms with Crippen LogP contribution in [0.3, 0.4) is 0 Å². The maximum atomic E-state index is 5.93. The Morgan fingerprint density at radius 1 is 1.32 bits per heavy atom. The zero-order valence-corrected chi connectivity index (χ0v) is 13.5. The zero-order chi connectivity index (χ0) is 15.1. The van der Waals surface area contributed by atoms with Gasteiger partial charge in [-0.3, -0.25) is 0 Å². The summed E-state index contributed by atoms with van der Waals surface area (Å²) in [5.74, 6) is 0.995. The fourth-order valence-electron chi connectivity index (χ4n) is 3.31. The van der Waals surface area contributed by atoms with Gasteiger partial charge in [0.2, 0.25) is 0 Å². The van der Waals surface area contributed by atoms with E-state index in [1.165, 1.54) is 34.9 Å². The van der Waals surface area contributed by atoms with Crippen LogP contribution in [0.25, 0.3) is 21.0 Å². The number of nitrogens with two attached hydrogens (primary N) is 1. The van der Waals surface area contributed by atoms with Gasteiger partial charge >= 0.3 is 0 Å². The number of fused-ring (bicyclic) bond motifs is 3. The van der Waals surface area contributed by atoms with Gasteiger partial charge < -0.3 is 16.0 Å². The van der Waals surface area contributed by atoms with Crippen LogP contribution in [0.4, 0.5) is 11.5 Å². The number of rotatable bonds is 2. The Balaban J connectivity index is 1.79. The second kappa shape index (κ2) is 5.41. The van der Waals surface area contributed by atoms with Gasteiger partial charge in [-0.05, 0) is 56.1 Å². The zero-order valence-electron chi connectivity index (χ0n) is 12.7. The molecule has 3 heterocycles. The molecule has 0 radical (unpaired) electrons. The summed E-state index contributed by atoms with van der Waals surface area (Å²) in [4.78, 5) is 7.23. The van der Waals surface area contributed by atoms with Crippen LogP contribution in [0.15, 0.2) is 29.6 Å². The summed E-state index contributed by atoms with van der Waals surface area (Å²) in [7, 11) is 2.18. The molecule has 1 saturated heterocycles. The molecule has 1 aliphatic rings. The molecule has 1 aliphatic heterocycles. The molecule has 2 aromatic heterocycles. The van der Waals surface area contributed by atoms with Crippen molar-refractivity contribution in [2.45, 2.75) is 18.9 Å². The number of benzene rings is 1. The third-order valence-electron chi connectivity index (χ3n) is 4.38. The molecule has 3 aromatic rings. The predicted molar refractivity (Wildman–Crippen MR) is 95.7 cm³/mol. The fourth-order valence-corrected chi connectivity index (χ4v) is 4.24. The number of nitrogens with one attached hydrogen (secondary N) is 1. The molecule has 0 amide bonds. The van der Waals surface area contributed by atoms with E-state index in [9.17, 15) is 0 Å². The monoisotopic (exact) mass is 312 g/mol. The molecule has 1 fully saturated rings. The maximum absolute atomic E-state index is 5.93. The van der Waals surface area contributed by atoms with E-state index in [0.717, 1.165) is 23.6 Å². The molecule has 5 heteroatoms. The molecule has 3 N–H and O–H groups in total. The molecule has 1 atom stereocenters. The first kappa shape index (κ1) is 13.8. The number of piperidine rings is 1. The number of anilines is 2. The molecule has 0 aliphatic carbocycles.